The molecule has 126 valence electrons. The second kappa shape index (κ2) is 6.74. The summed E-state index contributed by atoms with van der Waals surface area (Å²) in [4.78, 5) is 0. The summed E-state index contributed by atoms with van der Waals surface area (Å²) in [6, 6.07) is 0. The first-order chi connectivity index (χ1) is 11.4. The SMILES string of the molecule is C=C(F)/C=C\C(=C)Cc1c(Br)sc2c1CO[C@@H](C)c1nnc(C)n1-2. The molecule has 0 aromatic carbocycles. The lowest BCUT2D eigenvalue weighted by Gasteiger charge is -2.09. The van der Waals surface area contributed by atoms with Crippen LogP contribution in [0.2, 0.25) is 0 Å². The van der Waals surface area contributed by atoms with Crippen LogP contribution >= 0.6 is 27.3 Å². The van der Waals surface area contributed by atoms with E-state index in [2.05, 4.69) is 39.3 Å². The van der Waals surface area contributed by atoms with Crippen LogP contribution in [0.4, 0.5) is 4.39 Å². The molecule has 0 spiro atoms. The topological polar surface area (TPSA) is 39.9 Å². The predicted octanol–water partition coefficient (Wildman–Crippen LogP) is 5.13. The molecule has 0 bridgehead atoms. The standard InChI is InChI=1S/C17H17BrFN3OS/c1-9(5-6-10(2)19)7-13-14-8-23-11(3)16-21-20-12(4)22(16)17(14)24-15(13)18/h5-6,11H,1-2,7-8H2,3-4H3/b6-5-/t11-/m0/s1. The molecule has 0 saturated carbocycles. The smallest absolute Gasteiger partial charge is 0.167 e. The van der Waals surface area contributed by atoms with Crippen LogP contribution in [0.15, 0.2) is 40.5 Å². The van der Waals surface area contributed by atoms with Gasteiger partial charge in [0.15, 0.2) is 5.82 Å². The summed E-state index contributed by atoms with van der Waals surface area (Å²) in [6.07, 6.45) is 3.44. The maximum atomic E-state index is 12.8. The van der Waals surface area contributed by atoms with Gasteiger partial charge in [-0.2, -0.15) is 0 Å². The van der Waals surface area contributed by atoms with Crippen molar-refractivity contribution in [2.45, 2.75) is 33.0 Å². The van der Waals surface area contributed by atoms with Gasteiger partial charge in [-0.05, 0) is 47.8 Å². The van der Waals surface area contributed by atoms with E-state index >= 15 is 0 Å². The van der Waals surface area contributed by atoms with Gasteiger partial charge in [0.2, 0.25) is 0 Å². The van der Waals surface area contributed by atoms with Crippen molar-refractivity contribution in [3.05, 3.63) is 63.3 Å². The quantitative estimate of drug-likeness (QED) is 0.657. The number of halogens is 2. The lowest BCUT2D eigenvalue weighted by Crippen LogP contribution is -2.04. The number of fused-ring (bicyclic) bond motifs is 3. The van der Waals surface area contributed by atoms with Gasteiger partial charge in [0.25, 0.3) is 0 Å². The Kier molecular flexibility index (Phi) is 4.85. The number of hydrogen-bond donors (Lipinski definition) is 0. The van der Waals surface area contributed by atoms with Gasteiger partial charge in [0, 0.05) is 5.56 Å². The summed E-state index contributed by atoms with van der Waals surface area (Å²) in [7, 11) is 0. The Bertz CT molecular complexity index is 852. The highest BCUT2D eigenvalue weighted by Crippen LogP contribution is 2.41. The molecule has 2 aromatic heterocycles. The summed E-state index contributed by atoms with van der Waals surface area (Å²) in [5, 5.41) is 9.49. The van der Waals surface area contributed by atoms with Crippen LogP contribution in [0.3, 0.4) is 0 Å². The molecular weight excluding hydrogens is 393 g/mol. The molecule has 1 aliphatic heterocycles. The molecule has 3 heterocycles. The molecule has 0 N–H and O–H groups in total. The molecule has 4 nitrogen and oxygen atoms in total. The zero-order valence-corrected chi connectivity index (χ0v) is 15.9. The second-order valence-corrected chi connectivity index (χ2v) is 7.96. The molecule has 0 amide bonds. The van der Waals surface area contributed by atoms with E-state index in [9.17, 15) is 4.39 Å². The van der Waals surface area contributed by atoms with Gasteiger partial charge in [-0.15, -0.1) is 21.5 Å². The summed E-state index contributed by atoms with van der Waals surface area (Å²) in [6.45, 7) is 11.6. The summed E-state index contributed by atoms with van der Waals surface area (Å²) in [5.41, 5.74) is 2.99. The number of aryl methyl sites for hydroxylation is 1. The molecule has 7 heteroatoms. The molecule has 0 aliphatic carbocycles. The molecule has 0 saturated heterocycles. The van der Waals surface area contributed by atoms with E-state index < -0.39 is 5.83 Å². The highest BCUT2D eigenvalue weighted by Gasteiger charge is 2.28. The third-order valence-corrected chi connectivity index (χ3v) is 5.86. The van der Waals surface area contributed by atoms with Gasteiger partial charge >= 0.3 is 0 Å². The molecule has 1 aliphatic rings. The first-order valence-electron chi connectivity index (χ1n) is 7.42. The van der Waals surface area contributed by atoms with E-state index in [-0.39, 0.29) is 6.10 Å². The van der Waals surface area contributed by atoms with Crippen LogP contribution in [0.25, 0.3) is 5.00 Å². The van der Waals surface area contributed by atoms with Crippen molar-refractivity contribution in [2.75, 3.05) is 0 Å². The number of thiophene rings is 1. The van der Waals surface area contributed by atoms with Gasteiger partial charge in [-0.1, -0.05) is 24.8 Å². The van der Waals surface area contributed by atoms with E-state index in [4.69, 9.17) is 4.74 Å². The van der Waals surface area contributed by atoms with Crippen molar-refractivity contribution < 1.29 is 9.13 Å². The van der Waals surface area contributed by atoms with Gasteiger partial charge in [-0.25, -0.2) is 4.39 Å². The van der Waals surface area contributed by atoms with Crippen molar-refractivity contribution in [3.63, 3.8) is 0 Å². The zero-order chi connectivity index (χ0) is 17.4. The van der Waals surface area contributed by atoms with Crippen LogP contribution < -0.4 is 0 Å². The summed E-state index contributed by atoms with van der Waals surface area (Å²) >= 11 is 5.27. The summed E-state index contributed by atoms with van der Waals surface area (Å²) < 4.78 is 21.8. The highest BCUT2D eigenvalue weighted by atomic mass is 79.9. The molecule has 3 rings (SSSR count). The number of rotatable bonds is 4. The zero-order valence-electron chi connectivity index (χ0n) is 13.5. The van der Waals surface area contributed by atoms with Crippen LogP contribution in [0.1, 0.15) is 35.8 Å². The molecule has 2 aromatic rings. The lowest BCUT2D eigenvalue weighted by molar-refractivity contribution is 0.0493. The van der Waals surface area contributed by atoms with E-state index in [0.29, 0.717) is 13.0 Å². The molecule has 0 fully saturated rings. The van der Waals surface area contributed by atoms with E-state index in [1.54, 1.807) is 17.4 Å². The van der Waals surface area contributed by atoms with Gasteiger partial charge in [-0.3, -0.25) is 4.57 Å². The normalized spacial score (nSPS) is 16.8. The number of hydrogen-bond acceptors (Lipinski definition) is 4. The van der Waals surface area contributed by atoms with Gasteiger partial charge < -0.3 is 4.74 Å². The second-order valence-electron chi connectivity index (χ2n) is 5.65. The van der Waals surface area contributed by atoms with E-state index in [1.165, 1.54) is 6.08 Å². The number of ether oxygens (including phenoxy) is 1. The van der Waals surface area contributed by atoms with Gasteiger partial charge in [0.1, 0.15) is 22.8 Å². The average molecular weight is 410 g/mol. The van der Waals surface area contributed by atoms with Crippen LogP contribution in [-0.4, -0.2) is 14.8 Å². The largest absolute Gasteiger partial charge is 0.366 e. The Balaban J connectivity index is 2.02. The predicted molar refractivity (Wildman–Crippen MR) is 97.1 cm³/mol. The first kappa shape index (κ1) is 17.3. The Morgan fingerprint density at radius 3 is 2.92 bits per heavy atom. The minimum atomic E-state index is -0.485. The van der Waals surface area contributed by atoms with Crippen LogP contribution in [0.5, 0.6) is 0 Å². The fraction of sp³-hybridized carbons (Fsp3) is 0.294. The van der Waals surface area contributed by atoms with Crippen molar-refractivity contribution in [2.24, 2.45) is 0 Å². The monoisotopic (exact) mass is 409 g/mol. The van der Waals surface area contributed by atoms with E-state index in [1.807, 2.05) is 18.4 Å². The molecule has 0 radical (unpaired) electrons. The third-order valence-electron chi connectivity index (χ3n) is 3.84. The van der Waals surface area contributed by atoms with Crippen molar-refractivity contribution in [3.8, 4) is 5.00 Å². The first-order valence-corrected chi connectivity index (χ1v) is 9.03. The van der Waals surface area contributed by atoms with E-state index in [0.717, 1.165) is 37.1 Å². The molecule has 1 atom stereocenters. The number of allylic oxidation sites excluding steroid dienone is 4. The minimum Gasteiger partial charge on any atom is -0.366 e. The molecule has 24 heavy (non-hydrogen) atoms. The van der Waals surface area contributed by atoms with Crippen LogP contribution in [-0.2, 0) is 17.8 Å². The maximum absolute atomic E-state index is 12.8. The Morgan fingerprint density at radius 2 is 2.21 bits per heavy atom. The highest BCUT2D eigenvalue weighted by molar-refractivity contribution is 9.11. The fourth-order valence-electron chi connectivity index (χ4n) is 2.63. The minimum absolute atomic E-state index is 0.129. The third kappa shape index (κ3) is 3.16. The average Bonchev–Trinajstić information content (AvgIpc) is 2.99. The Morgan fingerprint density at radius 1 is 1.46 bits per heavy atom. The Hall–Kier alpha value is -1.57. The maximum Gasteiger partial charge on any atom is 0.167 e. The van der Waals surface area contributed by atoms with Crippen molar-refractivity contribution in [1.29, 1.82) is 0 Å². The Labute approximate surface area is 152 Å². The van der Waals surface area contributed by atoms with Crippen molar-refractivity contribution in [1.82, 2.24) is 14.8 Å². The molecular formula is C17H17BrFN3OS. The molecule has 0 unspecified atom stereocenters. The number of aromatic nitrogens is 3. The number of nitrogens with zero attached hydrogens (tertiary/aromatic N) is 3. The summed E-state index contributed by atoms with van der Waals surface area (Å²) in [5.74, 6) is 1.15. The van der Waals surface area contributed by atoms with Crippen LogP contribution in [0, 0.1) is 6.92 Å². The fourth-order valence-corrected chi connectivity index (χ4v) is 4.58. The van der Waals surface area contributed by atoms with Crippen molar-refractivity contribution >= 4 is 27.3 Å². The van der Waals surface area contributed by atoms with Gasteiger partial charge in [0.05, 0.1) is 10.4 Å². The lowest BCUT2D eigenvalue weighted by atomic mass is 10.0.